The normalized spacial score (nSPS) is 23.8. The Kier molecular flexibility index (Phi) is 4.01. The molecule has 0 aromatic carbocycles. The van der Waals surface area contributed by atoms with Crippen LogP contribution in [0.5, 0.6) is 0 Å². The number of azide groups is 1. The lowest BCUT2D eigenvalue weighted by Gasteiger charge is -2.23. The monoisotopic (exact) mass is 259 g/mol. The van der Waals surface area contributed by atoms with Gasteiger partial charge in [-0.15, -0.1) is 0 Å². The molecule has 2 rings (SSSR count). The van der Waals surface area contributed by atoms with Gasteiger partial charge in [0.15, 0.2) is 0 Å². The lowest BCUT2D eigenvalue weighted by molar-refractivity contribution is 0.288. The fraction of sp³-hybridized carbons (Fsp3) is 0.600. The van der Waals surface area contributed by atoms with E-state index in [2.05, 4.69) is 29.9 Å². The molecule has 102 valence electrons. The van der Waals surface area contributed by atoms with Crippen molar-refractivity contribution in [2.75, 3.05) is 7.11 Å². The Hall–Kier alpha value is -1.67. The van der Waals surface area contributed by atoms with E-state index in [1.165, 1.54) is 22.3 Å². The first-order chi connectivity index (χ1) is 9.10. The largest absolute Gasteiger partial charge is 0.497 e. The average Bonchev–Trinajstić information content (AvgIpc) is 2.64. The van der Waals surface area contributed by atoms with Gasteiger partial charge < -0.3 is 4.74 Å². The van der Waals surface area contributed by atoms with Gasteiger partial charge in [0.25, 0.3) is 0 Å². The van der Waals surface area contributed by atoms with Crippen molar-refractivity contribution in [1.29, 1.82) is 0 Å². The quantitative estimate of drug-likeness (QED) is 0.411. The van der Waals surface area contributed by atoms with E-state index in [1.807, 2.05) is 6.92 Å². The zero-order valence-electron chi connectivity index (χ0n) is 12.1. The lowest BCUT2D eigenvalue weighted by atomic mass is 9.86. The van der Waals surface area contributed by atoms with Crippen LogP contribution < -0.4 is 0 Å². The van der Waals surface area contributed by atoms with Crippen LogP contribution in [0.15, 0.2) is 39.2 Å². The Morgan fingerprint density at radius 3 is 2.89 bits per heavy atom. The number of rotatable bonds is 4. The minimum absolute atomic E-state index is 0.00429. The molecular weight excluding hydrogens is 238 g/mol. The first kappa shape index (κ1) is 13.8. The maximum Gasteiger partial charge on any atom is 0.118 e. The number of hydrogen-bond donors (Lipinski definition) is 0. The molecule has 2 atom stereocenters. The summed E-state index contributed by atoms with van der Waals surface area (Å²) in [5.41, 5.74) is 14.1. The molecule has 19 heavy (non-hydrogen) atoms. The topological polar surface area (TPSA) is 58.0 Å². The smallest absolute Gasteiger partial charge is 0.118 e. The van der Waals surface area contributed by atoms with E-state index in [4.69, 9.17) is 10.3 Å². The Morgan fingerprint density at radius 2 is 2.26 bits per heavy atom. The molecule has 0 aromatic heterocycles. The predicted molar refractivity (Wildman–Crippen MR) is 76.4 cm³/mol. The highest BCUT2D eigenvalue weighted by Gasteiger charge is 2.33. The van der Waals surface area contributed by atoms with Crippen molar-refractivity contribution in [3.63, 3.8) is 0 Å². The van der Waals surface area contributed by atoms with Crippen LogP contribution in [-0.4, -0.2) is 13.2 Å². The molecule has 2 aliphatic rings. The van der Waals surface area contributed by atoms with Crippen molar-refractivity contribution >= 4 is 0 Å². The standard InChI is InChI=1S/C15H21N3O/c1-9(17-18-16)8-13-11(3)10(2)12-6-5-7-14(19-4)15(12)13/h7,9,13H,5-6,8H2,1-4H3/t9-,13?/m0/s1. The van der Waals surface area contributed by atoms with Crippen molar-refractivity contribution in [3.05, 3.63) is 44.6 Å². The minimum Gasteiger partial charge on any atom is -0.497 e. The van der Waals surface area contributed by atoms with Gasteiger partial charge in [-0.3, -0.25) is 0 Å². The molecule has 0 saturated heterocycles. The summed E-state index contributed by atoms with van der Waals surface area (Å²) >= 11 is 0. The summed E-state index contributed by atoms with van der Waals surface area (Å²) in [5, 5.41) is 3.81. The van der Waals surface area contributed by atoms with E-state index < -0.39 is 0 Å². The molecule has 0 fully saturated rings. The zero-order valence-corrected chi connectivity index (χ0v) is 12.1. The van der Waals surface area contributed by atoms with E-state index in [1.54, 1.807) is 7.11 Å². The van der Waals surface area contributed by atoms with E-state index >= 15 is 0 Å². The summed E-state index contributed by atoms with van der Waals surface area (Å²) in [7, 11) is 1.73. The Balaban J connectivity index is 2.34. The molecule has 1 unspecified atom stereocenters. The third-order valence-electron chi connectivity index (χ3n) is 4.28. The first-order valence-corrected chi connectivity index (χ1v) is 6.79. The van der Waals surface area contributed by atoms with E-state index in [0.717, 1.165) is 25.0 Å². The molecule has 4 heteroatoms. The van der Waals surface area contributed by atoms with Crippen molar-refractivity contribution in [1.82, 2.24) is 0 Å². The second-order valence-corrected chi connectivity index (χ2v) is 5.35. The van der Waals surface area contributed by atoms with Crippen LogP contribution in [0.4, 0.5) is 0 Å². The van der Waals surface area contributed by atoms with Crippen LogP contribution in [0, 0.1) is 5.92 Å². The average molecular weight is 259 g/mol. The third kappa shape index (κ3) is 2.41. The van der Waals surface area contributed by atoms with Gasteiger partial charge in [0, 0.05) is 22.4 Å². The van der Waals surface area contributed by atoms with E-state index in [9.17, 15) is 0 Å². The molecule has 2 aliphatic carbocycles. The van der Waals surface area contributed by atoms with Gasteiger partial charge in [-0.1, -0.05) is 17.6 Å². The molecule has 0 N–H and O–H groups in total. The van der Waals surface area contributed by atoms with Gasteiger partial charge in [-0.2, -0.15) is 0 Å². The van der Waals surface area contributed by atoms with Crippen LogP contribution in [-0.2, 0) is 4.74 Å². The molecule has 0 heterocycles. The summed E-state index contributed by atoms with van der Waals surface area (Å²) in [6.07, 6.45) is 5.17. The van der Waals surface area contributed by atoms with Gasteiger partial charge in [0.05, 0.1) is 7.11 Å². The zero-order chi connectivity index (χ0) is 14.0. The maximum atomic E-state index is 8.56. The van der Waals surface area contributed by atoms with Gasteiger partial charge >= 0.3 is 0 Å². The lowest BCUT2D eigenvalue weighted by Crippen LogP contribution is -2.14. The molecule has 0 amide bonds. The summed E-state index contributed by atoms with van der Waals surface area (Å²) < 4.78 is 5.55. The van der Waals surface area contributed by atoms with Gasteiger partial charge in [0.1, 0.15) is 5.76 Å². The number of ether oxygens (including phenoxy) is 1. The van der Waals surface area contributed by atoms with Crippen LogP contribution in [0.2, 0.25) is 0 Å². The predicted octanol–water partition coefficient (Wildman–Crippen LogP) is 4.66. The molecular formula is C15H21N3O. The summed E-state index contributed by atoms with van der Waals surface area (Å²) in [5.74, 6) is 1.34. The minimum atomic E-state index is 0.00429. The second kappa shape index (κ2) is 5.54. The number of hydrogen-bond acceptors (Lipinski definition) is 2. The van der Waals surface area contributed by atoms with Crippen LogP contribution in [0.25, 0.3) is 10.4 Å². The maximum absolute atomic E-state index is 8.56. The third-order valence-corrected chi connectivity index (χ3v) is 4.28. The van der Waals surface area contributed by atoms with E-state index in [-0.39, 0.29) is 6.04 Å². The molecule has 0 aromatic rings. The summed E-state index contributed by atoms with van der Waals surface area (Å²) in [6.45, 7) is 6.36. The summed E-state index contributed by atoms with van der Waals surface area (Å²) in [4.78, 5) is 2.91. The SMILES string of the molecule is COC1=CCCC2=C1C(C[C@H](C)N=[N+]=[N-])C(C)=C2C. The molecule has 0 aliphatic heterocycles. The molecule has 0 spiro atoms. The fourth-order valence-corrected chi connectivity index (χ4v) is 3.19. The van der Waals surface area contributed by atoms with Crippen LogP contribution in [0.3, 0.4) is 0 Å². The van der Waals surface area contributed by atoms with Crippen molar-refractivity contribution in [2.45, 2.75) is 46.1 Å². The fourth-order valence-electron chi connectivity index (χ4n) is 3.19. The molecule has 4 nitrogen and oxygen atoms in total. The Bertz CT molecular complexity index is 522. The highest BCUT2D eigenvalue weighted by molar-refractivity contribution is 5.55. The number of allylic oxidation sites excluding steroid dienone is 5. The highest BCUT2D eigenvalue weighted by Crippen LogP contribution is 2.47. The van der Waals surface area contributed by atoms with Gasteiger partial charge in [0.2, 0.25) is 0 Å². The second-order valence-electron chi connectivity index (χ2n) is 5.35. The highest BCUT2D eigenvalue weighted by atomic mass is 16.5. The first-order valence-electron chi connectivity index (χ1n) is 6.79. The van der Waals surface area contributed by atoms with Crippen LogP contribution >= 0.6 is 0 Å². The summed E-state index contributed by atoms with van der Waals surface area (Å²) in [6, 6.07) is 0.00429. The molecule has 0 bridgehead atoms. The number of nitrogens with zero attached hydrogens (tertiary/aromatic N) is 3. The Morgan fingerprint density at radius 1 is 1.53 bits per heavy atom. The van der Waals surface area contributed by atoms with Gasteiger partial charge in [-0.05, 0) is 55.9 Å². The Labute approximate surface area is 114 Å². The molecule has 0 radical (unpaired) electrons. The van der Waals surface area contributed by atoms with Crippen molar-refractivity contribution in [3.8, 4) is 0 Å². The number of methoxy groups -OCH3 is 1. The van der Waals surface area contributed by atoms with Gasteiger partial charge in [-0.25, -0.2) is 0 Å². The van der Waals surface area contributed by atoms with Crippen molar-refractivity contribution < 1.29 is 4.74 Å². The van der Waals surface area contributed by atoms with Crippen molar-refractivity contribution in [2.24, 2.45) is 11.0 Å². The molecule has 0 saturated carbocycles. The van der Waals surface area contributed by atoms with E-state index in [0.29, 0.717) is 5.92 Å². The van der Waals surface area contributed by atoms with Crippen LogP contribution in [0.1, 0.15) is 40.0 Å².